The van der Waals surface area contributed by atoms with Gasteiger partial charge >= 0.3 is 0 Å². The molecule has 0 radical (unpaired) electrons. The summed E-state index contributed by atoms with van der Waals surface area (Å²) >= 11 is 3.23. The van der Waals surface area contributed by atoms with Crippen molar-refractivity contribution in [2.24, 2.45) is 0 Å². The molecule has 0 heterocycles. The molecule has 19 heavy (non-hydrogen) atoms. The van der Waals surface area contributed by atoms with Gasteiger partial charge in [0.2, 0.25) is 10.0 Å². The molecule has 1 fully saturated rings. The van der Waals surface area contributed by atoms with E-state index in [1.54, 1.807) is 12.1 Å². The highest BCUT2D eigenvalue weighted by Crippen LogP contribution is 2.28. The number of anilines is 1. The Morgan fingerprint density at radius 3 is 2.79 bits per heavy atom. The lowest BCUT2D eigenvalue weighted by Gasteiger charge is -2.35. The van der Waals surface area contributed by atoms with E-state index >= 15 is 0 Å². The number of nitrogens with one attached hydrogen (secondary N) is 1. The van der Waals surface area contributed by atoms with Crippen LogP contribution in [0.4, 0.5) is 5.69 Å². The number of rotatable bonds is 5. The minimum absolute atomic E-state index is 0.0603. The fourth-order valence-electron chi connectivity index (χ4n) is 2.04. The predicted octanol–water partition coefficient (Wildman–Crippen LogP) is 1.88. The second kappa shape index (κ2) is 5.78. The van der Waals surface area contributed by atoms with Crippen molar-refractivity contribution >= 4 is 31.6 Å². The normalized spacial score (nSPS) is 23.1. The minimum Gasteiger partial charge on any atom is -0.399 e. The second-order valence-corrected chi connectivity index (χ2v) is 7.09. The number of nitrogens with two attached hydrogens (primary N) is 1. The lowest BCUT2D eigenvalue weighted by Crippen LogP contribution is -2.47. The van der Waals surface area contributed by atoms with Crippen LogP contribution in [0, 0.1) is 0 Å². The van der Waals surface area contributed by atoms with Gasteiger partial charge < -0.3 is 10.5 Å². The summed E-state index contributed by atoms with van der Waals surface area (Å²) in [5.74, 6) is 0. The monoisotopic (exact) mass is 348 g/mol. The topological polar surface area (TPSA) is 81.4 Å². The molecule has 3 N–H and O–H groups in total. The van der Waals surface area contributed by atoms with Crippen LogP contribution in [0.25, 0.3) is 0 Å². The molecule has 1 aliphatic carbocycles. The van der Waals surface area contributed by atoms with Crippen LogP contribution < -0.4 is 10.5 Å². The number of sulfonamides is 1. The lowest BCUT2D eigenvalue weighted by molar-refractivity contribution is -0.00476. The fraction of sp³-hybridized carbons (Fsp3) is 0.500. The van der Waals surface area contributed by atoms with Gasteiger partial charge in [-0.05, 0) is 53.9 Å². The van der Waals surface area contributed by atoms with Crippen molar-refractivity contribution in [3.8, 4) is 0 Å². The molecule has 0 aliphatic heterocycles. The maximum atomic E-state index is 12.2. The summed E-state index contributed by atoms with van der Waals surface area (Å²) < 4.78 is 33.1. The first-order chi connectivity index (χ1) is 8.92. The molecule has 0 spiro atoms. The summed E-state index contributed by atoms with van der Waals surface area (Å²) in [5.41, 5.74) is 6.05. The van der Waals surface area contributed by atoms with E-state index in [1.807, 2.05) is 6.92 Å². The van der Waals surface area contributed by atoms with Crippen LogP contribution >= 0.6 is 15.9 Å². The zero-order chi connectivity index (χ0) is 14.0. The zero-order valence-electron chi connectivity index (χ0n) is 10.6. The molecule has 1 saturated carbocycles. The number of hydrogen-bond acceptors (Lipinski definition) is 4. The van der Waals surface area contributed by atoms with E-state index in [4.69, 9.17) is 10.5 Å². The lowest BCUT2D eigenvalue weighted by atomic mass is 9.90. The molecule has 2 rings (SSSR count). The maximum Gasteiger partial charge on any atom is 0.242 e. The Balaban J connectivity index is 2.05. The van der Waals surface area contributed by atoms with Crippen LogP contribution in [0.3, 0.4) is 0 Å². The third-order valence-corrected chi connectivity index (χ3v) is 5.58. The molecule has 0 bridgehead atoms. The molecule has 0 amide bonds. The Hall–Kier alpha value is -0.630. The molecule has 1 aliphatic rings. The van der Waals surface area contributed by atoms with Crippen molar-refractivity contribution in [2.45, 2.75) is 36.8 Å². The highest BCUT2D eigenvalue weighted by molar-refractivity contribution is 9.10. The van der Waals surface area contributed by atoms with Gasteiger partial charge in [0.05, 0.1) is 11.0 Å². The average molecular weight is 349 g/mol. The third kappa shape index (κ3) is 3.47. The largest absolute Gasteiger partial charge is 0.399 e. The van der Waals surface area contributed by atoms with Crippen LogP contribution in [0.2, 0.25) is 0 Å². The van der Waals surface area contributed by atoms with E-state index in [0.29, 0.717) is 29.6 Å². The summed E-state index contributed by atoms with van der Waals surface area (Å²) in [6.07, 6.45) is 1.60. The first-order valence-corrected chi connectivity index (χ1v) is 8.39. The van der Waals surface area contributed by atoms with Gasteiger partial charge in [0, 0.05) is 22.8 Å². The average Bonchev–Trinajstić information content (AvgIpc) is 2.29. The highest BCUT2D eigenvalue weighted by atomic mass is 79.9. The van der Waals surface area contributed by atoms with Crippen molar-refractivity contribution in [1.29, 1.82) is 0 Å². The predicted molar refractivity (Wildman–Crippen MR) is 77.3 cm³/mol. The molecule has 1 aromatic rings. The second-order valence-electron chi connectivity index (χ2n) is 4.56. The van der Waals surface area contributed by atoms with Crippen molar-refractivity contribution < 1.29 is 13.2 Å². The number of benzene rings is 1. The number of hydrogen-bond donors (Lipinski definition) is 2. The molecule has 5 nitrogen and oxygen atoms in total. The number of halogens is 1. The van der Waals surface area contributed by atoms with Gasteiger partial charge in [-0.1, -0.05) is 0 Å². The smallest absolute Gasteiger partial charge is 0.242 e. The standard InChI is InChI=1S/C12H17BrN2O3S/c1-2-18-10-6-9(7-10)15-19(16,17)12-5-8(14)3-4-11(12)13/h3-5,9-10,15H,2,6-7,14H2,1H3. The quantitative estimate of drug-likeness (QED) is 0.796. The van der Waals surface area contributed by atoms with E-state index in [0.717, 1.165) is 0 Å². The van der Waals surface area contributed by atoms with Crippen LogP contribution in [-0.4, -0.2) is 27.2 Å². The molecule has 0 atom stereocenters. The SMILES string of the molecule is CCOC1CC(NS(=O)(=O)c2cc(N)ccc2Br)C1. The Kier molecular flexibility index (Phi) is 4.50. The number of ether oxygens (including phenoxy) is 1. The molecule has 106 valence electrons. The zero-order valence-corrected chi connectivity index (χ0v) is 13.0. The summed E-state index contributed by atoms with van der Waals surface area (Å²) in [6.45, 7) is 2.59. The van der Waals surface area contributed by atoms with Crippen molar-refractivity contribution in [1.82, 2.24) is 4.72 Å². The van der Waals surface area contributed by atoms with E-state index in [9.17, 15) is 8.42 Å². The van der Waals surface area contributed by atoms with Crippen LogP contribution in [-0.2, 0) is 14.8 Å². The summed E-state index contributed by atoms with van der Waals surface area (Å²) in [5, 5.41) is 0. The Labute approximate surface area is 121 Å². The van der Waals surface area contributed by atoms with E-state index in [2.05, 4.69) is 20.7 Å². The first kappa shape index (κ1) is 14.8. The third-order valence-electron chi connectivity index (χ3n) is 3.06. The van der Waals surface area contributed by atoms with Crippen molar-refractivity contribution in [2.75, 3.05) is 12.3 Å². The van der Waals surface area contributed by atoms with Gasteiger partial charge in [-0.15, -0.1) is 0 Å². The Morgan fingerprint density at radius 2 is 2.16 bits per heavy atom. The van der Waals surface area contributed by atoms with Gasteiger partial charge in [-0.25, -0.2) is 13.1 Å². The first-order valence-electron chi connectivity index (χ1n) is 6.11. The van der Waals surface area contributed by atoms with Gasteiger partial charge in [-0.2, -0.15) is 0 Å². The maximum absolute atomic E-state index is 12.2. The van der Waals surface area contributed by atoms with Crippen LogP contribution in [0.1, 0.15) is 19.8 Å². The molecule has 7 heteroatoms. The molecule has 0 aromatic heterocycles. The van der Waals surface area contributed by atoms with E-state index < -0.39 is 10.0 Å². The Morgan fingerprint density at radius 1 is 1.47 bits per heavy atom. The van der Waals surface area contributed by atoms with Gasteiger partial charge in [-0.3, -0.25) is 0 Å². The molecular formula is C12H17BrN2O3S. The summed E-state index contributed by atoms with van der Waals surface area (Å²) in [6, 6.07) is 4.67. The van der Waals surface area contributed by atoms with Gasteiger partial charge in [0.15, 0.2) is 0 Å². The van der Waals surface area contributed by atoms with Crippen molar-refractivity contribution in [3.05, 3.63) is 22.7 Å². The summed E-state index contributed by atoms with van der Waals surface area (Å²) in [4.78, 5) is 0.173. The van der Waals surface area contributed by atoms with E-state index in [1.165, 1.54) is 6.07 Å². The van der Waals surface area contributed by atoms with Gasteiger partial charge in [0.1, 0.15) is 0 Å². The number of nitrogen functional groups attached to an aromatic ring is 1. The molecule has 0 saturated heterocycles. The van der Waals surface area contributed by atoms with Crippen molar-refractivity contribution in [3.63, 3.8) is 0 Å². The van der Waals surface area contributed by atoms with Gasteiger partial charge in [0.25, 0.3) is 0 Å². The van der Waals surface area contributed by atoms with Crippen LogP contribution in [0.15, 0.2) is 27.6 Å². The molecule has 0 unspecified atom stereocenters. The Bertz CT molecular complexity index is 556. The molecule has 1 aromatic carbocycles. The van der Waals surface area contributed by atoms with E-state index in [-0.39, 0.29) is 17.0 Å². The molecular weight excluding hydrogens is 332 g/mol. The fourth-order valence-corrected chi connectivity index (χ4v) is 4.30. The van der Waals surface area contributed by atoms with Crippen LogP contribution in [0.5, 0.6) is 0 Å². The minimum atomic E-state index is -3.54. The summed E-state index contributed by atoms with van der Waals surface area (Å²) in [7, 11) is -3.54. The highest BCUT2D eigenvalue weighted by Gasteiger charge is 2.33.